The summed E-state index contributed by atoms with van der Waals surface area (Å²) in [5, 5.41) is 0. The molecule has 0 unspecified atom stereocenters. The zero-order valence-electron chi connectivity index (χ0n) is 12.2. The minimum Gasteiger partial charge on any atom is -0.0885 e. The lowest BCUT2D eigenvalue weighted by atomic mass is 10.1. The summed E-state index contributed by atoms with van der Waals surface area (Å²) < 4.78 is 0. The van der Waals surface area contributed by atoms with Crippen molar-refractivity contribution in [1.29, 1.82) is 0 Å². The van der Waals surface area contributed by atoms with Crippen LogP contribution >= 0.6 is 0 Å². The summed E-state index contributed by atoms with van der Waals surface area (Å²) in [5.41, 5.74) is 0. The van der Waals surface area contributed by atoms with E-state index in [0.717, 1.165) is 0 Å². The van der Waals surface area contributed by atoms with Crippen LogP contribution in [0.2, 0.25) is 0 Å². The van der Waals surface area contributed by atoms with Gasteiger partial charge < -0.3 is 0 Å². The Hall–Kier alpha value is -0.520. The Morgan fingerprint density at radius 1 is 0.278 bits per heavy atom. The summed E-state index contributed by atoms with van der Waals surface area (Å²) in [7, 11) is 0. The van der Waals surface area contributed by atoms with Crippen molar-refractivity contribution in [2.45, 2.75) is 89.9 Å². The summed E-state index contributed by atoms with van der Waals surface area (Å²) in [6.45, 7) is 0. The molecule has 0 radical (unpaired) electrons. The van der Waals surface area contributed by atoms with Crippen molar-refractivity contribution in [3.05, 3.63) is 24.3 Å². The maximum atomic E-state index is 2.41. The molecule has 0 N–H and O–H groups in total. The molecule has 0 heteroatoms. The maximum absolute atomic E-state index is 2.41. The highest BCUT2D eigenvalue weighted by Crippen LogP contribution is 2.11. The van der Waals surface area contributed by atoms with Gasteiger partial charge in [0.25, 0.3) is 0 Å². The Morgan fingerprint density at radius 3 is 0.833 bits per heavy atom. The SMILES string of the molecule is C1=CCCCCCCCCC/C=C/CCCCC1. The van der Waals surface area contributed by atoms with E-state index in [2.05, 4.69) is 24.3 Å². The quantitative estimate of drug-likeness (QED) is 0.425. The van der Waals surface area contributed by atoms with E-state index in [9.17, 15) is 0 Å². The van der Waals surface area contributed by atoms with Crippen molar-refractivity contribution < 1.29 is 0 Å². The molecule has 0 atom stereocenters. The number of hydrogen-bond donors (Lipinski definition) is 0. The van der Waals surface area contributed by atoms with E-state index in [1.807, 2.05) is 0 Å². The van der Waals surface area contributed by atoms with Crippen molar-refractivity contribution in [2.24, 2.45) is 0 Å². The van der Waals surface area contributed by atoms with Gasteiger partial charge in [-0.25, -0.2) is 0 Å². The van der Waals surface area contributed by atoms with Crippen LogP contribution in [0.1, 0.15) is 89.9 Å². The summed E-state index contributed by atoms with van der Waals surface area (Å²) in [6, 6.07) is 0. The van der Waals surface area contributed by atoms with E-state index < -0.39 is 0 Å². The van der Waals surface area contributed by atoms with E-state index in [4.69, 9.17) is 0 Å². The van der Waals surface area contributed by atoms with Crippen molar-refractivity contribution in [3.8, 4) is 0 Å². The lowest BCUT2D eigenvalue weighted by Crippen LogP contribution is -1.81. The number of rotatable bonds is 0. The molecule has 0 spiro atoms. The van der Waals surface area contributed by atoms with Gasteiger partial charge in [-0.05, 0) is 51.4 Å². The van der Waals surface area contributed by atoms with Gasteiger partial charge >= 0.3 is 0 Å². The fourth-order valence-corrected chi connectivity index (χ4v) is 2.58. The van der Waals surface area contributed by atoms with E-state index in [-0.39, 0.29) is 0 Å². The second-order valence-corrected chi connectivity index (χ2v) is 5.63. The topological polar surface area (TPSA) is 0 Å². The molecule has 0 saturated carbocycles. The van der Waals surface area contributed by atoms with Gasteiger partial charge in [0.05, 0.1) is 0 Å². The lowest BCUT2D eigenvalue weighted by Gasteiger charge is -2.01. The van der Waals surface area contributed by atoms with Crippen LogP contribution in [0, 0.1) is 0 Å². The summed E-state index contributed by atoms with van der Waals surface area (Å²) >= 11 is 0. The molecule has 0 bridgehead atoms. The molecule has 0 saturated heterocycles. The highest BCUT2D eigenvalue weighted by atomic mass is 14.0. The molecule has 1 aliphatic rings. The number of allylic oxidation sites excluding steroid dienone is 4. The van der Waals surface area contributed by atoms with Gasteiger partial charge in [0.1, 0.15) is 0 Å². The normalized spacial score (nSPS) is 24.0. The highest BCUT2D eigenvalue weighted by Gasteiger charge is 1.92. The first-order valence-electron chi connectivity index (χ1n) is 8.30. The zero-order valence-corrected chi connectivity index (χ0v) is 12.2. The Kier molecular flexibility index (Phi) is 11.2. The third kappa shape index (κ3) is 10.6. The fraction of sp³-hybridized carbons (Fsp3) is 0.778. The minimum absolute atomic E-state index is 1.30. The molecule has 104 valence electrons. The van der Waals surface area contributed by atoms with Gasteiger partial charge in [0, 0.05) is 0 Å². The summed E-state index contributed by atoms with van der Waals surface area (Å²) in [6.07, 6.45) is 29.0. The van der Waals surface area contributed by atoms with E-state index in [1.165, 1.54) is 89.9 Å². The molecular formula is C18H32. The van der Waals surface area contributed by atoms with Crippen LogP contribution in [0.3, 0.4) is 0 Å². The monoisotopic (exact) mass is 248 g/mol. The molecule has 18 heavy (non-hydrogen) atoms. The van der Waals surface area contributed by atoms with Crippen molar-refractivity contribution in [2.75, 3.05) is 0 Å². The van der Waals surface area contributed by atoms with E-state index >= 15 is 0 Å². The smallest absolute Gasteiger partial charge is 0.0351 e. The average Bonchev–Trinajstić information content (AvgIpc) is 2.39. The first-order valence-corrected chi connectivity index (χ1v) is 8.30. The first-order chi connectivity index (χ1) is 9.00. The number of hydrogen-bond acceptors (Lipinski definition) is 0. The standard InChI is InChI=1S/C18H32/c1-2-4-6-8-10-12-14-16-18-17-15-13-11-9-7-5-3-1/h1-2,13,15H,3-12,14,16-18H2/b2-1+,15-13?. The van der Waals surface area contributed by atoms with Gasteiger partial charge in [0.15, 0.2) is 0 Å². The Labute approximate surface area is 115 Å². The third-order valence-corrected chi connectivity index (χ3v) is 3.82. The molecule has 0 nitrogen and oxygen atoms in total. The lowest BCUT2D eigenvalue weighted by molar-refractivity contribution is 0.582. The summed E-state index contributed by atoms with van der Waals surface area (Å²) in [5.74, 6) is 0. The van der Waals surface area contributed by atoms with Crippen molar-refractivity contribution in [1.82, 2.24) is 0 Å². The maximum Gasteiger partial charge on any atom is -0.0351 e. The van der Waals surface area contributed by atoms with Gasteiger partial charge in [0.2, 0.25) is 0 Å². The van der Waals surface area contributed by atoms with E-state index in [0.29, 0.717) is 0 Å². The van der Waals surface area contributed by atoms with Crippen LogP contribution in [0.15, 0.2) is 24.3 Å². The van der Waals surface area contributed by atoms with Gasteiger partial charge in [-0.3, -0.25) is 0 Å². The van der Waals surface area contributed by atoms with Crippen molar-refractivity contribution in [3.63, 3.8) is 0 Å². The van der Waals surface area contributed by atoms with Crippen molar-refractivity contribution >= 4 is 0 Å². The largest absolute Gasteiger partial charge is 0.0885 e. The fourth-order valence-electron chi connectivity index (χ4n) is 2.58. The van der Waals surface area contributed by atoms with Crippen LogP contribution in [0.5, 0.6) is 0 Å². The van der Waals surface area contributed by atoms with Crippen LogP contribution in [0.4, 0.5) is 0 Å². The van der Waals surface area contributed by atoms with Crippen LogP contribution in [0.25, 0.3) is 0 Å². The molecule has 0 aromatic carbocycles. The third-order valence-electron chi connectivity index (χ3n) is 3.82. The molecule has 0 heterocycles. The Balaban J connectivity index is 2.12. The molecule has 0 aliphatic heterocycles. The molecule has 0 aromatic heterocycles. The first kappa shape index (κ1) is 15.5. The zero-order chi connectivity index (χ0) is 12.7. The second kappa shape index (κ2) is 12.9. The molecule has 0 fully saturated rings. The van der Waals surface area contributed by atoms with Gasteiger partial charge in [-0.1, -0.05) is 62.8 Å². The average molecular weight is 248 g/mol. The van der Waals surface area contributed by atoms with Gasteiger partial charge in [-0.15, -0.1) is 0 Å². The van der Waals surface area contributed by atoms with E-state index in [1.54, 1.807) is 0 Å². The van der Waals surface area contributed by atoms with Crippen LogP contribution < -0.4 is 0 Å². The Bertz CT molecular complexity index is 190. The molecular weight excluding hydrogens is 216 g/mol. The Morgan fingerprint density at radius 2 is 0.500 bits per heavy atom. The predicted molar refractivity (Wildman–Crippen MR) is 82.9 cm³/mol. The minimum atomic E-state index is 1.30. The molecule has 0 amide bonds. The molecule has 1 rings (SSSR count). The van der Waals surface area contributed by atoms with Crippen LogP contribution in [-0.2, 0) is 0 Å². The van der Waals surface area contributed by atoms with Gasteiger partial charge in [-0.2, -0.15) is 0 Å². The molecule has 1 aliphatic carbocycles. The predicted octanol–water partition coefficient (Wildman–Crippen LogP) is 6.57. The van der Waals surface area contributed by atoms with Crippen LogP contribution in [-0.4, -0.2) is 0 Å². The highest BCUT2D eigenvalue weighted by molar-refractivity contribution is 4.83. The molecule has 0 aromatic rings. The second-order valence-electron chi connectivity index (χ2n) is 5.63. The summed E-state index contributed by atoms with van der Waals surface area (Å²) in [4.78, 5) is 0.